The van der Waals surface area contributed by atoms with Gasteiger partial charge in [0, 0.05) is 17.9 Å². The minimum Gasteiger partial charge on any atom is -0.300 e. The zero-order valence-electron chi connectivity index (χ0n) is 9.80. The summed E-state index contributed by atoms with van der Waals surface area (Å²) in [5, 5.41) is 1.15. The Balaban J connectivity index is 2.41. The zero-order chi connectivity index (χ0) is 10.6. The Bertz CT molecular complexity index is 156. The maximum atomic E-state index is 3.61. The molecular formula is C12H24BrN. The molecule has 0 aromatic heterocycles. The van der Waals surface area contributed by atoms with Crippen LogP contribution >= 0.6 is 15.9 Å². The van der Waals surface area contributed by atoms with Crippen LogP contribution in [0, 0.1) is 11.8 Å². The Morgan fingerprint density at radius 1 is 1.43 bits per heavy atom. The van der Waals surface area contributed by atoms with Crippen molar-refractivity contribution in [3.8, 4) is 0 Å². The molecule has 1 heterocycles. The topological polar surface area (TPSA) is 3.24 Å². The van der Waals surface area contributed by atoms with Crippen LogP contribution in [0.5, 0.6) is 0 Å². The second kappa shape index (κ2) is 6.12. The van der Waals surface area contributed by atoms with Crippen molar-refractivity contribution in [2.45, 2.75) is 46.1 Å². The van der Waals surface area contributed by atoms with Crippen molar-refractivity contribution in [1.82, 2.24) is 4.90 Å². The molecule has 1 aliphatic rings. The monoisotopic (exact) mass is 261 g/mol. The molecule has 3 atom stereocenters. The van der Waals surface area contributed by atoms with E-state index in [1.54, 1.807) is 0 Å². The summed E-state index contributed by atoms with van der Waals surface area (Å²) in [6.07, 6.45) is 4.11. The van der Waals surface area contributed by atoms with Gasteiger partial charge < -0.3 is 4.90 Å². The summed E-state index contributed by atoms with van der Waals surface area (Å²) in [6, 6.07) is 0.789. The van der Waals surface area contributed by atoms with Crippen molar-refractivity contribution in [1.29, 1.82) is 0 Å². The summed E-state index contributed by atoms with van der Waals surface area (Å²) < 4.78 is 0. The summed E-state index contributed by atoms with van der Waals surface area (Å²) in [6.45, 7) is 9.68. The summed E-state index contributed by atoms with van der Waals surface area (Å²) in [5.41, 5.74) is 0. The highest BCUT2D eigenvalue weighted by atomic mass is 79.9. The van der Waals surface area contributed by atoms with Crippen LogP contribution in [-0.2, 0) is 0 Å². The molecule has 3 unspecified atom stereocenters. The predicted molar refractivity (Wildman–Crippen MR) is 67.0 cm³/mol. The Hall–Kier alpha value is 0.440. The molecule has 0 aromatic rings. The van der Waals surface area contributed by atoms with E-state index < -0.39 is 0 Å². The van der Waals surface area contributed by atoms with Gasteiger partial charge >= 0.3 is 0 Å². The highest BCUT2D eigenvalue weighted by molar-refractivity contribution is 9.09. The molecule has 1 fully saturated rings. The smallest absolute Gasteiger partial charge is 0.00926 e. The Morgan fingerprint density at radius 2 is 2.14 bits per heavy atom. The van der Waals surface area contributed by atoms with E-state index in [1.165, 1.54) is 32.4 Å². The second-order valence-corrected chi connectivity index (χ2v) is 5.43. The van der Waals surface area contributed by atoms with Crippen molar-refractivity contribution in [2.24, 2.45) is 11.8 Å². The molecule has 0 saturated carbocycles. The predicted octanol–water partition coefficient (Wildman–Crippen LogP) is 3.53. The maximum Gasteiger partial charge on any atom is 0.00926 e. The van der Waals surface area contributed by atoms with Gasteiger partial charge in [-0.2, -0.15) is 0 Å². The SMILES string of the molecule is CCC(CBr)CN1CCCC(C)C1C. The molecule has 1 nitrogen and oxygen atoms in total. The molecule has 0 N–H and O–H groups in total. The van der Waals surface area contributed by atoms with Gasteiger partial charge in [-0.15, -0.1) is 0 Å². The number of rotatable bonds is 4. The third-order valence-corrected chi connectivity index (χ3v) is 4.71. The average molecular weight is 262 g/mol. The lowest BCUT2D eigenvalue weighted by molar-refractivity contribution is 0.0984. The van der Waals surface area contributed by atoms with E-state index in [4.69, 9.17) is 0 Å². The highest BCUT2D eigenvalue weighted by Crippen LogP contribution is 2.24. The first kappa shape index (κ1) is 12.5. The van der Waals surface area contributed by atoms with Crippen LogP contribution in [0.3, 0.4) is 0 Å². The van der Waals surface area contributed by atoms with Crippen LogP contribution in [0.1, 0.15) is 40.0 Å². The number of piperidine rings is 1. The highest BCUT2D eigenvalue weighted by Gasteiger charge is 2.25. The molecule has 14 heavy (non-hydrogen) atoms. The van der Waals surface area contributed by atoms with Crippen LogP contribution in [0.4, 0.5) is 0 Å². The third-order valence-electron chi connectivity index (χ3n) is 3.79. The molecular weight excluding hydrogens is 238 g/mol. The quantitative estimate of drug-likeness (QED) is 0.700. The van der Waals surface area contributed by atoms with Crippen molar-refractivity contribution in [2.75, 3.05) is 18.4 Å². The molecule has 1 aliphatic heterocycles. The van der Waals surface area contributed by atoms with Gasteiger partial charge in [0.15, 0.2) is 0 Å². The van der Waals surface area contributed by atoms with Gasteiger partial charge in [-0.05, 0) is 38.1 Å². The molecule has 0 amide bonds. The first-order chi connectivity index (χ1) is 6.69. The molecule has 0 spiro atoms. The fourth-order valence-electron chi connectivity index (χ4n) is 2.30. The van der Waals surface area contributed by atoms with Crippen molar-refractivity contribution in [3.05, 3.63) is 0 Å². The molecule has 84 valence electrons. The van der Waals surface area contributed by atoms with Gasteiger partial charge in [-0.25, -0.2) is 0 Å². The first-order valence-electron chi connectivity index (χ1n) is 5.99. The molecule has 0 bridgehead atoms. The molecule has 1 rings (SSSR count). The first-order valence-corrected chi connectivity index (χ1v) is 7.11. The van der Waals surface area contributed by atoms with Crippen LogP contribution < -0.4 is 0 Å². The molecule has 0 aromatic carbocycles. The van der Waals surface area contributed by atoms with Gasteiger partial charge in [0.1, 0.15) is 0 Å². The summed E-state index contributed by atoms with van der Waals surface area (Å²) >= 11 is 3.61. The number of alkyl halides is 1. The van der Waals surface area contributed by atoms with Crippen LogP contribution in [0.15, 0.2) is 0 Å². The van der Waals surface area contributed by atoms with Crippen LogP contribution in [0.2, 0.25) is 0 Å². The fourth-order valence-corrected chi connectivity index (χ4v) is 2.96. The standard InChI is InChI=1S/C12H24BrN/c1-4-12(8-13)9-14-7-5-6-10(2)11(14)3/h10-12H,4-9H2,1-3H3. The van der Waals surface area contributed by atoms with Gasteiger partial charge in [-0.1, -0.05) is 36.2 Å². The number of likely N-dealkylation sites (tertiary alicyclic amines) is 1. The van der Waals surface area contributed by atoms with E-state index in [0.29, 0.717) is 0 Å². The number of hydrogen-bond acceptors (Lipinski definition) is 1. The second-order valence-electron chi connectivity index (χ2n) is 4.78. The van der Waals surface area contributed by atoms with Crippen molar-refractivity contribution in [3.63, 3.8) is 0 Å². The summed E-state index contributed by atoms with van der Waals surface area (Å²) in [5.74, 6) is 1.72. The van der Waals surface area contributed by atoms with Crippen LogP contribution in [-0.4, -0.2) is 29.4 Å². The summed E-state index contributed by atoms with van der Waals surface area (Å²) in [7, 11) is 0. The normalized spacial score (nSPS) is 31.7. The minimum atomic E-state index is 0.789. The van der Waals surface area contributed by atoms with Crippen molar-refractivity contribution >= 4 is 15.9 Å². The number of hydrogen-bond donors (Lipinski definition) is 0. The van der Waals surface area contributed by atoms with E-state index >= 15 is 0 Å². The van der Waals surface area contributed by atoms with Gasteiger partial charge in [0.05, 0.1) is 0 Å². The molecule has 0 radical (unpaired) electrons. The zero-order valence-corrected chi connectivity index (χ0v) is 11.4. The molecule has 2 heteroatoms. The lowest BCUT2D eigenvalue weighted by atomic mass is 9.91. The average Bonchev–Trinajstić information content (AvgIpc) is 2.20. The third kappa shape index (κ3) is 3.23. The largest absolute Gasteiger partial charge is 0.300 e. The van der Waals surface area contributed by atoms with E-state index in [2.05, 4.69) is 41.6 Å². The number of nitrogens with zero attached hydrogens (tertiary/aromatic N) is 1. The van der Waals surface area contributed by atoms with E-state index in [9.17, 15) is 0 Å². The maximum absolute atomic E-state index is 3.61. The van der Waals surface area contributed by atoms with Crippen molar-refractivity contribution < 1.29 is 0 Å². The van der Waals surface area contributed by atoms with Gasteiger partial charge in [-0.3, -0.25) is 0 Å². The summed E-state index contributed by atoms with van der Waals surface area (Å²) in [4.78, 5) is 2.68. The fraction of sp³-hybridized carbons (Fsp3) is 1.00. The lowest BCUT2D eigenvalue weighted by Crippen LogP contribution is -2.44. The van der Waals surface area contributed by atoms with E-state index in [0.717, 1.165) is 23.2 Å². The van der Waals surface area contributed by atoms with E-state index in [-0.39, 0.29) is 0 Å². The minimum absolute atomic E-state index is 0.789. The van der Waals surface area contributed by atoms with Gasteiger partial charge in [0.2, 0.25) is 0 Å². The Kier molecular flexibility index (Phi) is 5.47. The molecule has 0 aliphatic carbocycles. The lowest BCUT2D eigenvalue weighted by Gasteiger charge is -2.39. The Labute approximate surface area is 97.4 Å². The molecule has 1 saturated heterocycles. The number of halogens is 1. The van der Waals surface area contributed by atoms with Gasteiger partial charge in [0.25, 0.3) is 0 Å². The van der Waals surface area contributed by atoms with E-state index in [1.807, 2.05) is 0 Å². The Morgan fingerprint density at radius 3 is 2.71 bits per heavy atom. The van der Waals surface area contributed by atoms with Crippen LogP contribution in [0.25, 0.3) is 0 Å².